The van der Waals surface area contributed by atoms with Gasteiger partial charge in [-0.15, -0.1) is 0 Å². The SMILES string of the molecule is Clc1ccc(-c2nn(CCC3C=CCCC3)c3c2CCNCC3)cc1. The summed E-state index contributed by atoms with van der Waals surface area (Å²) in [5, 5.41) is 9.34. The minimum atomic E-state index is 0.719. The van der Waals surface area contributed by atoms with Crippen molar-refractivity contribution in [3.8, 4) is 11.3 Å². The molecule has 1 aliphatic carbocycles. The van der Waals surface area contributed by atoms with Crippen molar-refractivity contribution in [1.82, 2.24) is 15.1 Å². The van der Waals surface area contributed by atoms with Crippen molar-refractivity contribution in [1.29, 1.82) is 0 Å². The highest BCUT2D eigenvalue weighted by atomic mass is 35.5. The zero-order valence-electron chi connectivity index (χ0n) is 14.7. The maximum Gasteiger partial charge on any atom is 0.0958 e. The largest absolute Gasteiger partial charge is 0.316 e. The molecule has 2 aliphatic rings. The van der Waals surface area contributed by atoms with E-state index in [-0.39, 0.29) is 0 Å². The van der Waals surface area contributed by atoms with Crippen molar-refractivity contribution in [2.45, 2.75) is 45.1 Å². The summed E-state index contributed by atoms with van der Waals surface area (Å²) in [4.78, 5) is 0. The van der Waals surface area contributed by atoms with Gasteiger partial charge in [0.1, 0.15) is 0 Å². The maximum absolute atomic E-state index is 6.07. The van der Waals surface area contributed by atoms with Gasteiger partial charge >= 0.3 is 0 Å². The molecule has 1 aromatic heterocycles. The Bertz CT molecular complexity index is 745. The Balaban J connectivity index is 1.63. The number of nitrogens with zero attached hydrogens (tertiary/aromatic N) is 2. The lowest BCUT2D eigenvalue weighted by molar-refractivity contribution is 0.441. The Morgan fingerprint density at radius 3 is 2.80 bits per heavy atom. The number of nitrogens with one attached hydrogen (secondary N) is 1. The second-order valence-corrected chi connectivity index (χ2v) is 7.60. The number of aromatic nitrogens is 2. The molecule has 0 amide bonds. The normalized spacial score (nSPS) is 20.3. The van der Waals surface area contributed by atoms with Gasteiger partial charge in [-0.1, -0.05) is 35.9 Å². The highest BCUT2D eigenvalue weighted by Gasteiger charge is 2.21. The predicted octanol–water partition coefficient (Wildman–Crippen LogP) is 4.64. The molecule has 0 fully saturated rings. The minimum absolute atomic E-state index is 0.719. The van der Waals surface area contributed by atoms with Gasteiger partial charge in [-0.25, -0.2) is 0 Å². The Kier molecular flexibility index (Phi) is 5.23. The van der Waals surface area contributed by atoms with Gasteiger partial charge in [-0.3, -0.25) is 4.68 Å². The molecular formula is C21H26ClN3. The molecule has 1 N–H and O–H groups in total. The third-order valence-electron chi connectivity index (χ3n) is 5.44. The fraction of sp³-hybridized carbons (Fsp3) is 0.476. The molecule has 0 bridgehead atoms. The summed E-state index contributed by atoms with van der Waals surface area (Å²) in [6, 6.07) is 8.11. The molecule has 1 unspecified atom stereocenters. The van der Waals surface area contributed by atoms with Gasteiger partial charge < -0.3 is 5.32 Å². The van der Waals surface area contributed by atoms with Crippen LogP contribution < -0.4 is 5.32 Å². The molecule has 3 nitrogen and oxygen atoms in total. The number of halogens is 1. The number of aryl methyl sites for hydroxylation is 1. The third kappa shape index (κ3) is 3.83. The summed E-state index contributed by atoms with van der Waals surface area (Å²) in [7, 11) is 0. The zero-order chi connectivity index (χ0) is 17.1. The lowest BCUT2D eigenvalue weighted by Gasteiger charge is -2.16. The second-order valence-electron chi connectivity index (χ2n) is 7.16. The van der Waals surface area contributed by atoms with Crippen molar-refractivity contribution in [2.24, 2.45) is 5.92 Å². The highest BCUT2D eigenvalue weighted by Crippen LogP contribution is 2.29. The smallest absolute Gasteiger partial charge is 0.0958 e. The van der Waals surface area contributed by atoms with Gasteiger partial charge in [0.05, 0.1) is 5.69 Å². The summed E-state index contributed by atoms with van der Waals surface area (Å²) < 4.78 is 2.29. The molecule has 1 atom stereocenters. The number of rotatable bonds is 4. The average molecular weight is 356 g/mol. The van der Waals surface area contributed by atoms with Crippen LogP contribution >= 0.6 is 11.6 Å². The summed E-state index contributed by atoms with van der Waals surface area (Å²) >= 11 is 6.07. The first-order valence-corrected chi connectivity index (χ1v) is 9.91. The summed E-state index contributed by atoms with van der Waals surface area (Å²) in [5.74, 6) is 0.719. The van der Waals surface area contributed by atoms with Gasteiger partial charge in [0, 0.05) is 41.4 Å². The lowest BCUT2D eigenvalue weighted by atomic mass is 9.93. The van der Waals surface area contributed by atoms with Crippen LogP contribution in [0.3, 0.4) is 0 Å². The summed E-state index contributed by atoms with van der Waals surface area (Å²) in [5.41, 5.74) is 5.18. The van der Waals surface area contributed by atoms with Crippen LogP contribution in [-0.2, 0) is 19.4 Å². The van der Waals surface area contributed by atoms with Crippen molar-refractivity contribution in [2.75, 3.05) is 13.1 Å². The van der Waals surface area contributed by atoms with Gasteiger partial charge in [0.2, 0.25) is 0 Å². The molecule has 4 heteroatoms. The molecular weight excluding hydrogens is 330 g/mol. The Hall–Kier alpha value is -1.58. The van der Waals surface area contributed by atoms with E-state index in [1.54, 1.807) is 0 Å². The van der Waals surface area contributed by atoms with Crippen LogP contribution in [0.15, 0.2) is 36.4 Å². The third-order valence-corrected chi connectivity index (χ3v) is 5.69. The van der Waals surface area contributed by atoms with Crippen molar-refractivity contribution >= 4 is 11.6 Å². The Labute approximate surface area is 155 Å². The number of fused-ring (bicyclic) bond motifs is 1. The molecule has 0 radical (unpaired) electrons. The van der Waals surface area contributed by atoms with Crippen LogP contribution in [0, 0.1) is 5.92 Å². The van der Waals surface area contributed by atoms with E-state index in [1.807, 2.05) is 12.1 Å². The molecule has 25 heavy (non-hydrogen) atoms. The Morgan fingerprint density at radius 2 is 2.00 bits per heavy atom. The molecule has 1 aliphatic heterocycles. The van der Waals surface area contributed by atoms with Crippen LogP contribution in [0.25, 0.3) is 11.3 Å². The topological polar surface area (TPSA) is 29.9 Å². The molecule has 0 saturated carbocycles. The fourth-order valence-electron chi connectivity index (χ4n) is 4.06. The zero-order valence-corrected chi connectivity index (χ0v) is 15.4. The van der Waals surface area contributed by atoms with E-state index in [0.717, 1.165) is 49.1 Å². The summed E-state index contributed by atoms with van der Waals surface area (Å²) in [6.07, 6.45) is 12.0. The Morgan fingerprint density at radius 1 is 1.16 bits per heavy atom. The first-order valence-electron chi connectivity index (χ1n) is 9.53. The first kappa shape index (κ1) is 16.9. The number of hydrogen-bond acceptors (Lipinski definition) is 2. The molecule has 0 spiro atoms. The van der Waals surface area contributed by atoms with E-state index < -0.39 is 0 Å². The summed E-state index contributed by atoms with van der Waals surface area (Å²) in [6.45, 7) is 3.09. The molecule has 132 valence electrons. The average Bonchev–Trinajstić information content (AvgIpc) is 2.82. The van der Waals surface area contributed by atoms with Crippen molar-refractivity contribution < 1.29 is 0 Å². The van der Waals surface area contributed by atoms with Crippen molar-refractivity contribution in [3.63, 3.8) is 0 Å². The predicted molar refractivity (Wildman–Crippen MR) is 104 cm³/mol. The van der Waals surface area contributed by atoms with Gasteiger partial charge in [0.25, 0.3) is 0 Å². The van der Waals surface area contributed by atoms with E-state index >= 15 is 0 Å². The molecule has 1 aromatic carbocycles. The minimum Gasteiger partial charge on any atom is -0.316 e. The van der Waals surface area contributed by atoms with E-state index in [9.17, 15) is 0 Å². The van der Waals surface area contributed by atoms with E-state index in [1.165, 1.54) is 42.5 Å². The number of hydrogen-bond donors (Lipinski definition) is 1. The van der Waals surface area contributed by atoms with Gasteiger partial charge in [-0.2, -0.15) is 5.10 Å². The monoisotopic (exact) mass is 355 g/mol. The standard InChI is InChI=1S/C21H26ClN3/c22-18-8-6-17(7-9-18)21-19-10-13-23-14-11-20(19)25(24-21)15-12-16-4-2-1-3-5-16/h2,4,6-9,16,23H,1,3,5,10-15H2. The van der Waals surface area contributed by atoms with Crippen LogP contribution in [0.1, 0.15) is 36.9 Å². The molecule has 2 aromatic rings. The van der Waals surface area contributed by atoms with Crippen LogP contribution in [-0.4, -0.2) is 22.9 Å². The molecule has 4 rings (SSSR count). The van der Waals surface area contributed by atoms with E-state index in [0.29, 0.717) is 0 Å². The van der Waals surface area contributed by atoms with E-state index in [4.69, 9.17) is 16.7 Å². The van der Waals surface area contributed by atoms with Crippen LogP contribution in [0.2, 0.25) is 5.02 Å². The molecule has 0 saturated heterocycles. The van der Waals surface area contributed by atoms with Gasteiger partial charge in [-0.05, 0) is 56.7 Å². The quantitative estimate of drug-likeness (QED) is 0.810. The fourth-order valence-corrected chi connectivity index (χ4v) is 4.18. The first-order chi connectivity index (χ1) is 12.3. The number of benzene rings is 1. The van der Waals surface area contributed by atoms with Crippen LogP contribution in [0.4, 0.5) is 0 Å². The number of allylic oxidation sites excluding steroid dienone is 2. The van der Waals surface area contributed by atoms with Crippen molar-refractivity contribution in [3.05, 3.63) is 52.7 Å². The second kappa shape index (κ2) is 7.76. The maximum atomic E-state index is 6.07. The molecule has 2 heterocycles. The lowest BCUT2D eigenvalue weighted by Crippen LogP contribution is -2.18. The van der Waals surface area contributed by atoms with Gasteiger partial charge in [0.15, 0.2) is 0 Å². The highest BCUT2D eigenvalue weighted by molar-refractivity contribution is 6.30. The van der Waals surface area contributed by atoms with E-state index in [2.05, 4.69) is 34.3 Å². The van der Waals surface area contributed by atoms with Crippen LogP contribution in [0.5, 0.6) is 0 Å².